The van der Waals surface area contributed by atoms with Gasteiger partial charge in [0.05, 0.1) is 5.56 Å². The molecule has 0 bridgehead atoms. The maximum atomic E-state index is 11.0. The average molecular weight is 338 g/mol. The number of aromatic nitrogens is 1. The van der Waals surface area contributed by atoms with Crippen molar-refractivity contribution in [2.45, 2.75) is 11.3 Å². The van der Waals surface area contributed by atoms with Crippen LogP contribution in [0.15, 0.2) is 52.1 Å². The van der Waals surface area contributed by atoms with Crippen molar-refractivity contribution in [3.05, 3.63) is 58.3 Å². The molecule has 0 saturated heterocycles. The van der Waals surface area contributed by atoms with E-state index < -0.39 is 5.97 Å². The summed E-state index contributed by atoms with van der Waals surface area (Å²) in [5.41, 5.74) is 1.48. The summed E-state index contributed by atoms with van der Waals surface area (Å²) in [6.07, 6.45) is 4.52. The first-order chi connectivity index (χ1) is 9.16. The van der Waals surface area contributed by atoms with E-state index in [9.17, 15) is 4.79 Å². The van der Waals surface area contributed by atoms with Crippen LogP contribution >= 0.6 is 27.7 Å². The number of carbonyl (C=O) groups is 1. The van der Waals surface area contributed by atoms with E-state index >= 15 is 0 Å². The molecule has 0 saturated carbocycles. The second-order valence-corrected chi connectivity index (χ2v) is 5.93. The van der Waals surface area contributed by atoms with E-state index in [1.807, 2.05) is 24.4 Å². The molecule has 1 heterocycles. The molecule has 0 fully saturated rings. The lowest BCUT2D eigenvalue weighted by Crippen LogP contribution is -1.98. The number of aromatic carboxylic acids is 1. The van der Waals surface area contributed by atoms with Gasteiger partial charge >= 0.3 is 5.97 Å². The highest BCUT2D eigenvalue weighted by Gasteiger charge is 2.09. The maximum Gasteiger partial charge on any atom is 0.336 e. The quantitative estimate of drug-likeness (QED) is 0.841. The standard InChI is InChI=1S/C14H12BrNO2S/c15-13-4-3-11(8-12(13)14(17)18)19-7-5-10-2-1-6-16-9-10/h1-4,6,8-9H,5,7H2,(H,17,18). The molecule has 3 nitrogen and oxygen atoms in total. The summed E-state index contributed by atoms with van der Waals surface area (Å²) in [7, 11) is 0. The molecule has 0 aliphatic rings. The van der Waals surface area contributed by atoms with Crippen LogP contribution in [0.25, 0.3) is 0 Å². The Balaban J connectivity index is 1.97. The summed E-state index contributed by atoms with van der Waals surface area (Å²) in [4.78, 5) is 16.1. The first-order valence-electron chi connectivity index (χ1n) is 5.71. The van der Waals surface area contributed by atoms with Crippen LogP contribution in [0, 0.1) is 0 Å². The normalized spacial score (nSPS) is 10.4. The number of benzene rings is 1. The third-order valence-electron chi connectivity index (χ3n) is 2.55. The zero-order chi connectivity index (χ0) is 13.7. The van der Waals surface area contributed by atoms with E-state index in [0.29, 0.717) is 10.0 Å². The first kappa shape index (κ1) is 14.1. The fourth-order valence-corrected chi connectivity index (χ4v) is 2.95. The lowest BCUT2D eigenvalue weighted by molar-refractivity contribution is 0.0695. The van der Waals surface area contributed by atoms with Gasteiger partial charge in [-0.15, -0.1) is 11.8 Å². The van der Waals surface area contributed by atoms with E-state index in [1.54, 1.807) is 30.1 Å². The molecule has 0 spiro atoms. The van der Waals surface area contributed by atoms with E-state index in [-0.39, 0.29) is 0 Å². The number of carboxylic acid groups (broad SMARTS) is 1. The van der Waals surface area contributed by atoms with Crippen LogP contribution in [0.2, 0.25) is 0 Å². The van der Waals surface area contributed by atoms with Gasteiger partial charge in [-0.3, -0.25) is 4.98 Å². The number of hydrogen-bond acceptors (Lipinski definition) is 3. The monoisotopic (exact) mass is 337 g/mol. The number of nitrogens with zero attached hydrogens (tertiary/aromatic N) is 1. The molecule has 5 heteroatoms. The summed E-state index contributed by atoms with van der Waals surface area (Å²) in [5, 5.41) is 9.05. The van der Waals surface area contributed by atoms with Gasteiger partial charge in [0.25, 0.3) is 0 Å². The Labute approximate surface area is 124 Å². The minimum atomic E-state index is -0.915. The Morgan fingerprint density at radius 1 is 1.37 bits per heavy atom. The second kappa shape index (κ2) is 6.73. The lowest BCUT2D eigenvalue weighted by Gasteiger charge is -2.05. The third kappa shape index (κ3) is 4.08. The minimum absolute atomic E-state index is 0.298. The fourth-order valence-electron chi connectivity index (χ4n) is 1.59. The predicted molar refractivity (Wildman–Crippen MR) is 79.8 cm³/mol. The van der Waals surface area contributed by atoms with Gasteiger partial charge in [-0.25, -0.2) is 4.79 Å². The van der Waals surface area contributed by atoms with Crippen LogP contribution < -0.4 is 0 Å². The van der Waals surface area contributed by atoms with Crippen molar-refractivity contribution in [3.8, 4) is 0 Å². The van der Waals surface area contributed by atoms with Crippen molar-refractivity contribution in [1.29, 1.82) is 0 Å². The molecule has 98 valence electrons. The van der Waals surface area contributed by atoms with Crippen molar-refractivity contribution in [2.24, 2.45) is 0 Å². The molecule has 19 heavy (non-hydrogen) atoms. The highest BCUT2D eigenvalue weighted by molar-refractivity contribution is 9.10. The molecule has 0 amide bonds. The van der Waals surface area contributed by atoms with E-state index in [2.05, 4.69) is 20.9 Å². The number of rotatable bonds is 5. The molecule has 0 unspecified atom stereocenters. The molecule has 2 aromatic rings. The van der Waals surface area contributed by atoms with Crippen LogP contribution in [-0.4, -0.2) is 21.8 Å². The van der Waals surface area contributed by atoms with Crippen LogP contribution in [0.3, 0.4) is 0 Å². The number of aryl methyl sites for hydroxylation is 1. The van der Waals surface area contributed by atoms with E-state index in [4.69, 9.17) is 5.11 Å². The number of carboxylic acids is 1. The van der Waals surface area contributed by atoms with Crippen LogP contribution in [0.1, 0.15) is 15.9 Å². The summed E-state index contributed by atoms with van der Waals surface area (Å²) in [6, 6.07) is 9.35. The van der Waals surface area contributed by atoms with Crippen molar-refractivity contribution >= 4 is 33.7 Å². The van der Waals surface area contributed by atoms with Crippen molar-refractivity contribution in [1.82, 2.24) is 4.98 Å². The molecule has 1 N–H and O–H groups in total. The van der Waals surface area contributed by atoms with Crippen LogP contribution in [-0.2, 0) is 6.42 Å². The number of pyridine rings is 1. The molecule has 1 aromatic heterocycles. The molecule has 0 aliphatic carbocycles. The first-order valence-corrected chi connectivity index (χ1v) is 7.49. The largest absolute Gasteiger partial charge is 0.478 e. The van der Waals surface area contributed by atoms with Gasteiger partial charge in [0.2, 0.25) is 0 Å². The van der Waals surface area contributed by atoms with Crippen LogP contribution in [0.5, 0.6) is 0 Å². The lowest BCUT2D eigenvalue weighted by atomic mass is 10.2. The molecule has 0 atom stereocenters. The molecular weight excluding hydrogens is 326 g/mol. The Kier molecular flexibility index (Phi) is 4.99. The molecule has 0 aliphatic heterocycles. The minimum Gasteiger partial charge on any atom is -0.478 e. The Morgan fingerprint density at radius 3 is 2.89 bits per heavy atom. The smallest absolute Gasteiger partial charge is 0.336 e. The van der Waals surface area contributed by atoms with Gasteiger partial charge in [0, 0.05) is 27.5 Å². The number of halogens is 1. The fraction of sp³-hybridized carbons (Fsp3) is 0.143. The maximum absolute atomic E-state index is 11.0. The Bertz CT molecular complexity index is 575. The number of hydrogen-bond donors (Lipinski definition) is 1. The van der Waals surface area contributed by atoms with Gasteiger partial charge in [0.15, 0.2) is 0 Å². The highest BCUT2D eigenvalue weighted by atomic mass is 79.9. The number of thioether (sulfide) groups is 1. The third-order valence-corrected chi connectivity index (χ3v) is 4.24. The predicted octanol–water partition coefficient (Wildman–Crippen LogP) is 3.88. The molecule has 1 aromatic carbocycles. The highest BCUT2D eigenvalue weighted by Crippen LogP contribution is 2.25. The summed E-state index contributed by atoms with van der Waals surface area (Å²) >= 11 is 4.88. The zero-order valence-corrected chi connectivity index (χ0v) is 12.4. The van der Waals surface area contributed by atoms with Gasteiger partial charge in [-0.1, -0.05) is 6.07 Å². The Hall–Kier alpha value is -1.33. The topological polar surface area (TPSA) is 50.2 Å². The van der Waals surface area contributed by atoms with Gasteiger partial charge in [-0.2, -0.15) is 0 Å². The van der Waals surface area contributed by atoms with Gasteiger partial charge in [0.1, 0.15) is 0 Å². The van der Waals surface area contributed by atoms with Crippen molar-refractivity contribution in [2.75, 3.05) is 5.75 Å². The van der Waals surface area contributed by atoms with E-state index in [1.165, 1.54) is 5.56 Å². The molecular formula is C14H12BrNO2S. The summed E-state index contributed by atoms with van der Waals surface area (Å²) < 4.78 is 0.608. The molecule has 2 rings (SSSR count). The second-order valence-electron chi connectivity index (χ2n) is 3.91. The Morgan fingerprint density at radius 2 is 2.21 bits per heavy atom. The summed E-state index contributed by atoms with van der Waals surface area (Å²) in [5.74, 6) is -0.0200. The molecule has 0 radical (unpaired) electrons. The van der Waals surface area contributed by atoms with Crippen LogP contribution in [0.4, 0.5) is 0 Å². The zero-order valence-electron chi connectivity index (χ0n) is 10.0. The van der Waals surface area contributed by atoms with Crippen molar-refractivity contribution in [3.63, 3.8) is 0 Å². The SMILES string of the molecule is O=C(O)c1cc(SCCc2cccnc2)ccc1Br. The van der Waals surface area contributed by atoms with Gasteiger partial charge < -0.3 is 5.11 Å². The average Bonchev–Trinajstić information content (AvgIpc) is 2.41. The van der Waals surface area contributed by atoms with Gasteiger partial charge in [-0.05, 0) is 52.2 Å². The van der Waals surface area contributed by atoms with Crippen molar-refractivity contribution < 1.29 is 9.90 Å². The summed E-state index contributed by atoms with van der Waals surface area (Å²) in [6.45, 7) is 0. The van der Waals surface area contributed by atoms with E-state index in [0.717, 1.165) is 17.1 Å².